The Morgan fingerprint density at radius 3 is 2.83 bits per heavy atom. The van der Waals surface area contributed by atoms with Crippen LogP contribution in [0.25, 0.3) is 0 Å². The summed E-state index contributed by atoms with van der Waals surface area (Å²) in [4.78, 5) is 11.7. The lowest BCUT2D eigenvalue weighted by molar-refractivity contribution is 0.245. The Hall–Kier alpha value is -1.26. The van der Waals surface area contributed by atoms with Crippen LogP contribution in [0.15, 0.2) is 18.2 Å². The highest BCUT2D eigenvalue weighted by Crippen LogP contribution is 2.19. The molecule has 0 spiro atoms. The Morgan fingerprint density at radius 2 is 2.22 bits per heavy atom. The predicted octanol–water partition coefficient (Wildman–Crippen LogP) is 2.93. The number of benzene rings is 1. The molecule has 0 unspecified atom stereocenters. The van der Waals surface area contributed by atoms with E-state index in [1.807, 2.05) is 19.9 Å². The maximum atomic E-state index is 11.7. The molecule has 0 fully saturated rings. The quantitative estimate of drug-likeness (QED) is 0.770. The lowest BCUT2D eigenvalue weighted by Gasteiger charge is -2.14. The highest BCUT2D eigenvalue weighted by atomic mass is 35.5. The van der Waals surface area contributed by atoms with Crippen LogP contribution in [-0.2, 0) is 0 Å². The summed E-state index contributed by atoms with van der Waals surface area (Å²) in [5.74, 6) is 0. The van der Waals surface area contributed by atoms with Crippen molar-refractivity contribution < 1.29 is 9.90 Å². The summed E-state index contributed by atoms with van der Waals surface area (Å²) in [7, 11) is 0. The minimum Gasteiger partial charge on any atom is -0.396 e. The highest BCUT2D eigenvalue weighted by molar-refractivity contribution is 6.31. The van der Waals surface area contributed by atoms with Crippen molar-refractivity contribution in [3.05, 3.63) is 28.8 Å². The zero-order chi connectivity index (χ0) is 13.5. The molecule has 5 heteroatoms. The lowest BCUT2D eigenvalue weighted by atomic mass is 10.2. The first-order valence-corrected chi connectivity index (χ1v) is 6.35. The SMILES string of the molecule is Cc1ccc(NC(=O)N[C@H](C)CCCO)cc1Cl. The van der Waals surface area contributed by atoms with Crippen molar-refractivity contribution in [2.24, 2.45) is 0 Å². The van der Waals surface area contributed by atoms with Crippen molar-refractivity contribution in [2.75, 3.05) is 11.9 Å². The molecule has 0 saturated carbocycles. The van der Waals surface area contributed by atoms with Crippen LogP contribution < -0.4 is 10.6 Å². The van der Waals surface area contributed by atoms with Gasteiger partial charge in [0, 0.05) is 23.4 Å². The Labute approximate surface area is 112 Å². The van der Waals surface area contributed by atoms with Gasteiger partial charge in [-0.1, -0.05) is 17.7 Å². The normalized spacial score (nSPS) is 12.0. The first kappa shape index (κ1) is 14.8. The van der Waals surface area contributed by atoms with Gasteiger partial charge in [0.25, 0.3) is 0 Å². The van der Waals surface area contributed by atoms with Gasteiger partial charge in [-0.25, -0.2) is 4.79 Å². The number of hydrogen-bond donors (Lipinski definition) is 3. The van der Waals surface area contributed by atoms with Crippen LogP contribution in [0.5, 0.6) is 0 Å². The molecule has 0 aliphatic rings. The predicted molar refractivity (Wildman–Crippen MR) is 74.1 cm³/mol. The van der Waals surface area contributed by atoms with E-state index in [2.05, 4.69) is 10.6 Å². The molecule has 4 nitrogen and oxygen atoms in total. The molecule has 1 aromatic rings. The summed E-state index contributed by atoms with van der Waals surface area (Å²) in [5.41, 5.74) is 1.64. The number of amides is 2. The number of hydrogen-bond acceptors (Lipinski definition) is 2. The van der Waals surface area contributed by atoms with Gasteiger partial charge in [-0.2, -0.15) is 0 Å². The first-order valence-electron chi connectivity index (χ1n) is 5.97. The molecule has 1 atom stereocenters. The standard InChI is InChI=1S/C13H19ClN2O2/c1-9-5-6-11(8-12(9)14)16-13(18)15-10(2)4-3-7-17/h5-6,8,10,17H,3-4,7H2,1-2H3,(H2,15,16,18)/t10-/m1/s1. The third-order valence-corrected chi connectivity index (χ3v) is 3.01. The molecule has 0 heterocycles. The topological polar surface area (TPSA) is 61.4 Å². The van der Waals surface area contributed by atoms with E-state index in [9.17, 15) is 4.79 Å². The van der Waals surface area contributed by atoms with Gasteiger partial charge in [0.1, 0.15) is 0 Å². The second-order valence-corrected chi connectivity index (χ2v) is 4.74. The number of aryl methyl sites for hydroxylation is 1. The van der Waals surface area contributed by atoms with Gasteiger partial charge >= 0.3 is 6.03 Å². The zero-order valence-electron chi connectivity index (χ0n) is 10.7. The van der Waals surface area contributed by atoms with E-state index in [1.165, 1.54) is 0 Å². The average Bonchev–Trinajstić information content (AvgIpc) is 2.31. The van der Waals surface area contributed by atoms with Gasteiger partial charge < -0.3 is 15.7 Å². The third kappa shape index (κ3) is 4.94. The van der Waals surface area contributed by atoms with Crippen molar-refractivity contribution in [1.29, 1.82) is 0 Å². The summed E-state index contributed by atoms with van der Waals surface area (Å²) in [6, 6.07) is 5.14. The summed E-state index contributed by atoms with van der Waals surface area (Å²) >= 11 is 5.97. The summed E-state index contributed by atoms with van der Waals surface area (Å²) in [6.45, 7) is 3.95. The van der Waals surface area contributed by atoms with Crippen molar-refractivity contribution >= 4 is 23.3 Å². The number of nitrogens with one attached hydrogen (secondary N) is 2. The van der Waals surface area contributed by atoms with E-state index >= 15 is 0 Å². The number of halogens is 1. The lowest BCUT2D eigenvalue weighted by Crippen LogP contribution is -2.36. The Balaban J connectivity index is 2.46. The van der Waals surface area contributed by atoms with Crippen molar-refractivity contribution in [3.8, 4) is 0 Å². The van der Waals surface area contributed by atoms with Gasteiger partial charge in [0.05, 0.1) is 0 Å². The number of carbonyl (C=O) groups excluding carboxylic acids is 1. The summed E-state index contributed by atoms with van der Waals surface area (Å²) in [6.07, 6.45) is 1.43. The van der Waals surface area contributed by atoms with E-state index in [0.29, 0.717) is 17.1 Å². The van der Waals surface area contributed by atoms with Crippen LogP contribution in [0.1, 0.15) is 25.3 Å². The minimum atomic E-state index is -0.264. The zero-order valence-corrected chi connectivity index (χ0v) is 11.4. The third-order valence-electron chi connectivity index (χ3n) is 2.60. The van der Waals surface area contributed by atoms with Crippen molar-refractivity contribution in [3.63, 3.8) is 0 Å². The second kappa shape index (κ2) is 7.24. The fourth-order valence-electron chi connectivity index (χ4n) is 1.53. The van der Waals surface area contributed by atoms with E-state index in [4.69, 9.17) is 16.7 Å². The monoisotopic (exact) mass is 270 g/mol. The number of aliphatic hydroxyl groups is 1. The van der Waals surface area contributed by atoms with E-state index in [-0.39, 0.29) is 18.7 Å². The van der Waals surface area contributed by atoms with E-state index < -0.39 is 0 Å². The molecule has 100 valence electrons. The summed E-state index contributed by atoms with van der Waals surface area (Å²) in [5, 5.41) is 14.8. The second-order valence-electron chi connectivity index (χ2n) is 4.33. The number of carbonyl (C=O) groups is 1. The van der Waals surface area contributed by atoms with Crippen molar-refractivity contribution in [1.82, 2.24) is 5.32 Å². The molecule has 0 bridgehead atoms. The molecule has 0 saturated heterocycles. The van der Waals surface area contributed by atoms with E-state index in [1.54, 1.807) is 12.1 Å². The Morgan fingerprint density at radius 1 is 1.50 bits per heavy atom. The molecule has 0 aromatic heterocycles. The van der Waals surface area contributed by atoms with Crippen LogP contribution in [0.3, 0.4) is 0 Å². The van der Waals surface area contributed by atoms with E-state index in [0.717, 1.165) is 12.0 Å². The molecule has 18 heavy (non-hydrogen) atoms. The largest absolute Gasteiger partial charge is 0.396 e. The highest BCUT2D eigenvalue weighted by Gasteiger charge is 2.07. The van der Waals surface area contributed by atoms with Crippen LogP contribution in [0.2, 0.25) is 5.02 Å². The molecule has 1 rings (SSSR count). The number of urea groups is 1. The van der Waals surface area contributed by atoms with Gasteiger partial charge in [0.2, 0.25) is 0 Å². The molecular weight excluding hydrogens is 252 g/mol. The molecule has 0 aliphatic carbocycles. The minimum absolute atomic E-state index is 0.0260. The smallest absolute Gasteiger partial charge is 0.319 e. The van der Waals surface area contributed by atoms with Gasteiger partial charge in [-0.15, -0.1) is 0 Å². The molecule has 2 amide bonds. The summed E-state index contributed by atoms with van der Waals surface area (Å²) < 4.78 is 0. The average molecular weight is 271 g/mol. The maximum Gasteiger partial charge on any atom is 0.319 e. The van der Waals surface area contributed by atoms with Crippen molar-refractivity contribution in [2.45, 2.75) is 32.7 Å². The van der Waals surface area contributed by atoms with Crippen LogP contribution in [-0.4, -0.2) is 23.8 Å². The first-order chi connectivity index (χ1) is 8.52. The molecular formula is C13H19ClN2O2. The van der Waals surface area contributed by atoms with Crippen LogP contribution >= 0.6 is 11.6 Å². The van der Waals surface area contributed by atoms with Gasteiger partial charge in [-0.05, 0) is 44.4 Å². The number of anilines is 1. The fraction of sp³-hybridized carbons (Fsp3) is 0.462. The molecule has 0 radical (unpaired) electrons. The Kier molecular flexibility index (Phi) is 5.95. The number of aliphatic hydroxyl groups excluding tert-OH is 1. The molecule has 0 aliphatic heterocycles. The number of rotatable bonds is 5. The van der Waals surface area contributed by atoms with Gasteiger partial charge in [0.15, 0.2) is 0 Å². The molecule has 3 N–H and O–H groups in total. The Bertz CT molecular complexity index is 410. The van der Waals surface area contributed by atoms with Gasteiger partial charge in [-0.3, -0.25) is 0 Å². The molecule has 1 aromatic carbocycles. The van der Waals surface area contributed by atoms with Crippen LogP contribution in [0.4, 0.5) is 10.5 Å². The van der Waals surface area contributed by atoms with Crippen LogP contribution in [0, 0.1) is 6.92 Å². The maximum absolute atomic E-state index is 11.7. The fourth-order valence-corrected chi connectivity index (χ4v) is 1.71.